The Balaban J connectivity index is 2.75. The number of hydrazone groups is 1. The minimum atomic E-state index is -0.597. The fourth-order valence-electron chi connectivity index (χ4n) is 1.14. The van der Waals surface area contributed by atoms with Crippen molar-refractivity contribution in [3.05, 3.63) is 0 Å². The predicted molar refractivity (Wildman–Crippen MR) is 55.0 cm³/mol. The zero-order valence-corrected chi connectivity index (χ0v) is 9.26. The fourth-order valence-corrected chi connectivity index (χ4v) is 1.14. The number of likely N-dealkylation sites (N-methyl/N-ethyl adjacent to an activating group) is 1. The summed E-state index contributed by atoms with van der Waals surface area (Å²) in [5.41, 5.74) is 2.72. The van der Waals surface area contributed by atoms with Crippen molar-refractivity contribution in [2.75, 3.05) is 28.2 Å². The lowest BCUT2D eigenvalue weighted by Crippen LogP contribution is -2.63. The Morgan fingerprint density at radius 3 is 2.53 bits per heavy atom. The molecule has 0 aliphatic carbocycles. The molecule has 1 rings (SSSR count). The molecule has 1 aliphatic heterocycles. The van der Waals surface area contributed by atoms with Gasteiger partial charge in [0, 0.05) is 28.2 Å². The van der Waals surface area contributed by atoms with E-state index in [-0.39, 0.29) is 11.9 Å². The van der Waals surface area contributed by atoms with Crippen LogP contribution < -0.4 is 5.43 Å². The van der Waals surface area contributed by atoms with Gasteiger partial charge in [-0.3, -0.25) is 14.7 Å². The molecule has 0 bridgehead atoms. The molecule has 0 spiro atoms. The van der Waals surface area contributed by atoms with Crippen LogP contribution in [0.25, 0.3) is 0 Å². The van der Waals surface area contributed by atoms with Gasteiger partial charge in [0.25, 0.3) is 5.91 Å². The molecule has 84 valence electrons. The number of carbonyl (C=O) groups excluding carboxylic acids is 2. The average Bonchev–Trinajstić information content (AvgIpc) is 2.18. The second-order valence-electron chi connectivity index (χ2n) is 3.46. The minimum absolute atomic E-state index is 0.316. The molecule has 3 amide bonds. The first kappa shape index (κ1) is 11.4. The van der Waals surface area contributed by atoms with Crippen molar-refractivity contribution < 1.29 is 9.59 Å². The van der Waals surface area contributed by atoms with Crippen molar-refractivity contribution >= 4 is 18.2 Å². The quantitative estimate of drug-likeness (QED) is 0.468. The van der Waals surface area contributed by atoms with Crippen molar-refractivity contribution in [3.8, 4) is 0 Å². The summed E-state index contributed by atoms with van der Waals surface area (Å²) in [5, 5.41) is 6.79. The molecule has 7 heteroatoms. The highest BCUT2D eigenvalue weighted by Gasteiger charge is 2.33. The highest BCUT2D eigenvalue weighted by atomic mass is 16.2. The summed E-state index contributed by atoms with van der Waals surface area (Å²) in [6, 6.07) is -0.977. The summed E-state index contributed by atoms with van der Waals surface area (Å²) < 4.78 is 0. The Labute approximate surface area is 88.3 Å². The summed E-state index contributed by atoms with van der Waals surface area (Å²) in [5.74, 6) is -0.316. The fraction of sp³-hybridized carbons (Fsp3) is 0.625. The van der Waals surface area contributed by atoms with E-state index in [1.807, 2.05) is 0 Å². The molecule has 0 saturated carbocycles. The predicted octanol–water partition coefficient (Wildman–Crippen LogP) is -1.07. The molecule has 0 aromatic carbocycles. The normalized spacial score (nSPS) is 22.8. The maximum atomic E-state index is 11.6. The highest BCUT2D eigenvalue weighted by molar-refractivity contribution is 6.06. The number of urea groups is 1. The van der Waals surface area contributed by atoms with Crippen molar-refractivity contribution in [2.24, 2.45) is 5.10 Å². The van der Waals surface area contributed by atoms with Crippen molar-refractivity contribution in [2.45, 2.75) is 6.04 Å². The van der Waals surface area contributed by atoms with E-state index >= 15 is 0 Å². The van der Waals surface area contributed by atoms with Gasteiger partial charge in [-0.15, -0.1) is 0 Å². The van der Waals surface area contributed by atoms with Gasteiger partial charge in [-0.25, -0.2) is 10.2 Å². The largest absolute Gasteiger partial charge is 0.340 e. The van der Waals surface area contributed by atoms with Crippen LogP contribution in [0.3, 0.4) is 0 Å². The molecule has 1 atom stereocenters. The number of rotatable bonds is 2. The van der Waals surface area contributed by atoms with E-state index in [9.17, 15) is 9.59 Å². The zero-order chi connectivity index (χ0) is 11.6. The second-order valence-corrected chi connectivity index (χ2v) is 3.46. The van der Waals surface area contributed by atoms with E-state index in [1.165, 1.54) is 18.3 Å². The third kappa shape index (κ3) is 2.44. The molecule has 1 heterocycles. The molecule has 0 aromatic rings. The van der Waals surface area contributed by atoms with E-state index in [1.54, 1.807) is 26.2 Å². The third-order valence-corrected chi connectivity index (χ3v) is 1.95. The van der Waals surface area contributed by atoms with Gasteiger partial charge in [0.05, 0.1) is 6.21 Å². The number of carbonyl (C=O) groups is 2. The lowest BCUT2D eigenvalue weighted by molar-refractivity contribution is -0.131. The Hall–Kier alpha value is -1.63. The van der Waals surface area contributed by atoms with Crippen LogP contribution in [-0.4, -0.2) is 67.3 Å². The smallest absolute Gasteiger partial charge is 0.303 e. The maximum absolute atomic E-state index is 11.6. The zero-order valence-electron chi connectivity index (χ0n) is 9.26. The SMILES string of the molecule is CN(C)/N=C\[C@@H]1NN(C)C(=O)N(C)C1=O. The van der Waals surface area contributed by atoms with E-state index < -0.39 is 6.04 Å². The number of nitrogens with zero attached hydrogens (tertiary/aromatic N) is 4. The molecule has 1 N–H and O–H groups in total. The first-order valence-electron chi connectivity index (χ1n) is 4.46. The molecule has 15 heavy (non-hydrogen) atoms. The molecule has 1 saturated heterocycles. The minimum Gasteiger partial charge on any atom is -0.303 e. The molecule has 7 nitrogen and oxygen atoms in total. The standard InChI is InChI=1S/C8H15N5O2/c1-11(2)9-5-6-7(14)12(3)8(15)13(4)10-6/h5-6,10H,1-4H3/b9-5-/t6-/m0/s1. The summed E-state index contributed by atoms with van der Waals surface area (Å²) in [6.07, 6.45) is 1.46. The van der Waals surface area contributed by atoms with Gasteiger partial charge in [0.1, 0.15) is 6.04 Å². The lowest BCUT2D eigenvalue weighted by Gasteiger charge is -2.33. The number of nitrogens with one attached hydrogen (secondary N) is 1. The summed E-state index contributed by atoms with van der Waals surface area (Å²) >= 11 is 0. The van der Waals surface area contributed by atoms with Crippen LogP contribution >= 0.6 is 0 Å². The van der Waals surface area contributed by atoms with E-state index in [2.05, 4.69) is 10.5 Å². The van der Waals surface area contributed by atoms with E-state index in [4.69, 9.17) is 0 Å². The van der Waals surface area contributed by atoms with Crippen LogP contribution in [0, 0.1) is 0 Å². The number of hydrogen-bond acceptors (Lipinski definition) is 5. The number of amides is 3. The van der Waals surface area contributed by atoms with Crippen molar-refractivity contribution in [3.63, 3.8) is 0 Å². The average molecular weight is 213 g/mol. The van der Waals surface area contributed by atoms with Gasteiger partial charge < -0.3 is 5.01 Å². The molecule has 1 aliphatic rings. The third-order valence-electron chi connectivity index (χ3n) is 1.95. The van der Waals surface area contributed by atoms with Crippen molar-refractivity contribution in [1.29, 1.82) is 0 Å². The van der Waals surface area contributed by atoms with E-state index in [0.29, 0.717) is 0 Å². The van der Waals surface area contributed by atoms with Crippen LogP contribution in [0.15, 0.2) is 5.10 Å². The molecule has 1 fully saturated rings. The maximum Gasteiger partial charge on any atom is 0.340 e. The topological polar surface area (TPSA) is 68.2 Å². The Kier molecular flexibility index (Phi) is 3.25. The van der Waals surface area contributed by atoms with Crippen LogP contribution in [0.5, 0.6) is 0 Å². The first-order chi connectivity index (χ1) is 6.93. The highest BCUT2D eigenvalue weighted by Crippen LogP contribution is 2.03. The van der Waals surface area contributed by atoms with Gasteiger partial charge in [-0.2, -0.15) is 5.10 Å². The molecule has 0 radical (unpaired) electrons. The molecule has 0 unspecified atom stereocenters. The van der Waals surface area contributed by atoms with Crippen LogP contribution in [0.4, 0.5) is 4.79 Å². The van der Waals surface area contributed by atoms with Gasteiger partial charge in [-0.1, -0.05) is 0 Å². The summed E-state index contributed by atoms with van der Waals surface area (Å²) in [7, 11) is 6.51. The first-order valence-corrected chi connectivity index (χ1v) is 4.46. The van der Waals surface area contributed by atoms with Crippen LogP contribution in [0.1, 0.15) is 0 Å². The van der Waals surface area contributed by atoms with Gasteiger partial charge >= 0.3 is 6.03 Å². The number of imide groups is 1. The van der Waals surface area contributed by atoms with Gasteiger partial charge in [0.2, 0.25) is 0 Å². The Bertz CT molecular complexity index is 301. The molecule has 0 aromatic heterocycles. The summed E-state index contributed by atoms with van der Waals surface area (Å²) in [6.45, 7) is 0. The number of hydrogen-bond donors (Lipinski definition) is 1. The molecular formula is C8H15N5O2. The summed E-state index contributed by atoms with van der Waals surface area (Å²) in [4.78, 5) is 24.0. The van der Waals surface area contributed by atoms with Gasteiger partial charge in [-0.05, 0) is 0 Å². The van der Waals surface area contributed by atoms with E-state index in [0.717, 1.165) is 4.90 Å². The van der Waals surface area contributed by atoms with Crippen LogP contribution in [-0.2, 0) is 4.79 Å². The number of hydrazine groups is 1. The Morgan fingerprint density at radius 1 is 1.40 bits per heavy atom. The second kappa shape index (κ2) is 4.26. The van der Waals surface area contributed by atoms with Gasteiger partial charge in [0.15, 0.2) is 0 Å². The Morgan fingerprint density at radius 2 is 2.00 bits per heavy atom. The monoisotopic (exact) mass is 213 g/mol. The van der Waals surface area contributed by atoms with Crippen molar-refractivity contribution in [1.82, 2.24) is 20.3 Å². The lowest BCUT2D eigenvalue weighted by atomic mass is 10.3. The molecular weight excluding hydrogens is 198 g/mol. The van der Waals surface area contributed by atoms with Crippen LogP contribution in [0.2, 0.25) is 0 Å².